The Morgan fingerprint density at radius 2 is 1.74 bits per heavy atom. The number of amides is 3. The van der Waals surface area contributed by atoms with Gasteiger partial charge in [-0.1, -0.05) is 29.8 Å². The summed E-state index contributed by atoms with van der Waals surface area (Å²) in [6.45, 7) is 3.85. The van der Waals surface area contributed by atoms with Gasteiger partial charge in [0.15, 0.2) is 11.7 Å². The Kier molecular flexibility index (Phi) is 7.77. The number of hydrogen-bond donors (Lipinski definition) is 3. The summed E-state index contributed by atoms with van der Waals surface area (Å²) in [7, 11) is 1.58. The number of furan rings is 1. The number of carbonyl (C=O) groups excluding carboxylic acids is 3. The summed E-state index contributed by atoms with van der Waals surface area (Å²) in [4.78, 5) is 40.7. The molecule has 0 fully saturated rings. The van der Waals surface area contributed by atoms with Crippen LogP contribution in [0.3, 0.4) is 0 Å². The van der Waals surface area contributed by atoms with Gasteiger partial charge in [0.05, 0.1) is 12.8 Å². The van der Waals surface area contributed by atoms with Gasteiger partial charge in [-0.3, -0.25) is 19.3 Å². The van der Waals surface area contributed by atoms with Crippen molar-refractivity contribution in [3.05, 3.63) is 93.9 Å². The minimum absolute atomic E-state index is 0.0180. The molecule has 11 heteroatoms. The molecule has 0 aliphatic carbocycles. The molecule has 1 atom stereocenters. The second kappa shape index (κ2) is 11.2. The quantitative estimate of drug-likeness (QED) is 0.296. The van der Waals surface area contributed by atoms with Gasteiger partial charge in [0.25, 0.3) is 17.7 Å². The minimum Gasteiger partial charge on any atom is -0.497 e. The maximum Gasteiger partial charge on any atom is 0.273 e. The first kappa shape index (κ1) is 26.4. The number of rotatable bonds is 9. The number of hydrogen-bond acceptors (Lipinski definition) is 8. The van der Waals surface area contributed by atoms with Crippen molar-refractivity contribution in [2.24, 2.45) is 5.73 Å². The highest BCUT2D eigenvalue weighted by atomic mass is 32.1. The highest BCUT2D eigenvalue weighted by Crippen LogP contribution is 2.34. The molecule has 2 aromatic heterocycles. The molecule has 0 saturated carbocycles. The minimum atomic E-state index is -1.20. The first-order valence-corrected chi connectivity index (χ1v) is 12.4. The molecule has 2 aromatic carbocycles. The van der Waals surface area contributed by atoms with Gasteiger partial charge < -0.3 is 25.9 Å². The van der Waals surface area contributed by atoms with Crippen molar-refractivity contribution in [2.75, 3.05) is 17.7 Å². The van der Waals surface area contributed by atoms with Crippen molar-refractivity contribution in [3.63, 3.8) is 0 Å². The molecule has 0 spiro atoms. The number of carbonyl (C=O) groups is 3. The van der Waals surface area contributed by atoms with E-state index in [1.165, 1.54) is 4.90 Å². The van der Waals surface area contributed by atoms with Gasteiger partial charge in [0.2, 0.25) is 0 Å². The Hall–Kier alpha value is -4.64. The molecular formula is C27H27N5O5S. The van der Waals surface area contributed by atoms with E-state index in [2.05, 4.69) is 9.69 Å². The maximum atomic E-state index is 14.0. The van der Waals surface area contributed by atoms with Crippen molar-refractivity contribution in [3.8, 4) is 5.75 Å². The Morgan fingerprint density at radius 1 is 1.05 bits per heavy atom. The summed E-state index contributed by atoms with van der Waals surface area (Å²) >= 11 is 0.741. The number of aryl methyl sites for hydroxylation is 2. The van der Waals surface area contributed by atoms with E-state index in [-0.39, 0.29) is 28.6 Å². The largest absolute Gasteiger partial charge is 0.497 e. The Balaban J connectivity index is 1.76. The summed E-state index contributed by atoms with van der Waals surface area (Å²) in [5.41, 5.74) is 13.3. The maximum absolute atomic E-state index is 14.0. The molecule has 0 bridgehead atoms. The number of aromatic nitrogens is 1. The lowest BCUT2D eigenvalue weighted by atomic mass is 10.1. The molecule has 4 rings (SSSR count). The third-order valence-electron chi connectivity index (χ3n) is 5.85. The topological polar surface area (TPSA) is 154 Å². The van der Waals surface area contributed by atoms with E-state index in [0.29, 0.717) is 17.2 Å². The van der Waals surface area contributed by atoms with Crippen LogP contribution in [0.25, 0.3) is 0 Å². The number of ether oxygens (including phenoxy) is 1. The number of primary amides is 1. The van der Waals surface area contributed by atoms with E-state index in [9.17, 15) is 14.4 Å². The average molecular weight is 534 g/mol. The van der Waals surface area contributed by atoms with Gasteiger partial charge in [0.1, 0.15) is 22.1 Å². The molecular weight excluding hydrogens is 506 g/mol. The van der Waals surface area contributed by atoms with E-state index in [0.717, 1.165) is 22.7 Å². The second-order valence-corrected chi connectivity index (χ2v) is 9.34. The van der Waals surface area contributed by atoms with Gasteiger partial charge in [-0.15, -0.1) is 0 Å². The summed E-state index contributed by atoms with van der Waals surface area (Å²) in [6, 6.07) is 16.5. The van der Waals surface area contributed by atoms with Crippen LogP contribution in [0.5, 0.6) is 5.75 Å². The van der Waals surface area contributed by atoms with Gasteiger partial charge in [-0.25, -0.2) is 0 Å². The summed E-state index contributed by atoms with van der Waals surface area (Å²) in [5.74, 6) is -0.454. The molecule has 0 aliphatic rings. The van der Waals surface area contributed by atoms with E-state index < -0.39 is 23.8 Å². The molecule has 0 saturated heterocycles. The van der Waals surface area contributed by atoms with Gasteiger partial charge in [-0.05, 0) is 67.3 Å². The Morgan fingerprint density at radius 3 is 2.29 bits per heavy atom. The lowest BCUT2D eigenvalue weighted by molar-refractivity contribution is -0.123. The normalized spacial score (nSPS) is 11.6. The van der Waals surface area contributed by atoms with E-state index >= 15 is 0 Å². The molecule has 196 valence electrons. The molecule has 0 aliphatic heterocycles. The molecule has 2 heterocycles. The fraction of sp³-hybridized carbons (Fsp3) is 0.185. The fourth-order valence-corrected chi connectivity index (χ4v) is 4.57. The molecule has 0 radical (unpaired) electrons. The van der Waals surface area contributed by atoms with Crippen LogP contribution in [-0.2, 0) is 11.3 Å². The first-order chi connectivity index (χ1) is 18.2. The number of anilines is 2. The monoisotopic (exact) mass is 533 g/mol. The van der Waals surface area contributed by atoms with Crippen molar-refractivity contribution < 1.29 is 23.5 Å². The zero-order chi connectivity index (χ0) is 27.4. The lowest BCUT2D eigenvalue weighted by Crippen LogP contribution is -2.43. The second-order valence-electron chi connectivity index (χ2n) is 8.57. The zero-order valence-electron chi connectivity index (χ0n) is 21.1. The van der Waals surface area contributed by atoms with Crippen LogP contribution >= 0.6 is 11.5 Å². The molecule has 5 N–H and O–H groups in total. The summed E-state index contributed by atoms with van der Waals surface area (Å²) in [6.07, 6.45) is 0. The number of methoxy groups -OCH3 is 1. The highest BCUT2D eigenvalue weighted by Gasteiger charge is 2.37. The van der Waals surface area contributed by atoms with Crippen LogP contribution in [-0.4, -0.2) is 29.2 Å². The third-order valence-corrected chi connectivity index (χ3v) is 6.70. The predicted molar refractivity (Wildman–Crippen MR) is 144 cm³/mol. The molecule has 10 nitrogen and oxygen atoms in total. The third kappa shape index (κ3) is 5.52. The standard InChI is InChI=1S/C27H27N5O5S/c1-15-4-9-18(10-5-15)32(27(35)24-21(28)22(25(29)33)31-38-24)23(20-13-6-16(2)37-20)26(34)30-14-17-7-11-19(36-3)12-8-17/h4-13,23H,14,28H2,1-3H3,(H2,29,33)(H,30,34)/t23-/m0/s1. The molecule has 38 heavy (non-hydrogen) atoms. The SMILES string of the molecule is COc1ccc(CNC(=O)[C@H](c2ccc(C)o2)N(C(=O)c2snc(C(N)=O)c2N)c2ccc(C)cc2)cc1. The van der Waals surface area contributed by atoms with E-state index in [4.69, 9.17) is 20.6 Å². The first-order valence-electron chi connectivity index (χ1n) is 11.6. The van der Waals surface area contributed by atoms with Gasteiger partial charge >= 0.3 is 0 Å². The predicted octanol–water partition coefficient (Wildman–Crippen LogP) is 3.75. The molecule has 3 amide bonds. The number of nitrogens with one attached hydrogen (secondary N) is 1. The average Bonchev–Trinajstić information content (AvgIpc) is 3.51. The number of nitrogen functional groups attached to an aromatic ring is 1. The van der Waals surface area contributed by atoms with E-state index in [1.807, 2.05) is 31.2 Å². The summed E-state index contributed by atoms with van der Waals surface area (Å²) < 4.78 is 15.0. The van der Waals surface area contributed by atoms with Crippen LogP contribution in [0.1, 0.15) is 48.8 Å². The zero-order valence-corrected chi connectivity index (χ0v) is 21.9. The lowest BCUT2D eigenvalue weighted by Gasteiger charge is -2.30. The Bertz CT molecular complexity index is 1460. The summed E-state index contributed by atoms with van der Waals surface area (Å²) in [5, 5.41) is 2.90. The van der Waals surface area contributed by atoms with Crippen LogP contribution in [0.4, 0.5) is 11.4 Å². The van der Waals surface area contributed by atoms with Crippen LogP contribution in [0.2, 0.25) is 0 Å². The fourth-order valence-electron chi connectivity index (χ4n) is 3.83. The smallest absolute Gasteiger partial charge is 0.273 e. The van der Waals surface area contributed by atoms with E-state index in [1.54, 1.807) is 50.4 Å². The molecule has 4 aromatic rings. The van der Waals surface area contributed by atoms with Crippen molar-refractivity contribution in [1.29, 1.82) is 0 Å². The van der Waals surface area contributed by atoms with Crippen molar-refractivity contribution in [1.82, 2.24) is 9.69 Å². The van der Waals surface area contributed by atoms with Crippen LogP contribution < -0.4 is 26.4 Å². The molecule has 0 unspecified atom stereocenters. The van der Waals surface area contributed by atoms with Crippen molar-refractivity contribution >= 4 is 40.6 Å². The van der Waals surface area contributed by atoms with Crippen LogP contribution in [0.15, 0.2) is 65.1 Å². The van der Waals surface area contributed by atoms with Gasteiger partial charge in [0, 0.05) is 12.2 Å². The van der Waals surface area contributed by atoms with Crippen LogP contribution in [0, 0.1) is 13.8 Å². The number of benzene rings is 2. The Labute approximate surface area is 223 Å². The van der Waals surface area contributed by atoms with Gasteiger partial charge in [-0.2, -0.15) is 4.37 Å². The van der Waals surface area contributed by atoms with Crippen molar-refractivity contribution in [2.45, 2.75) is 26.4 Å². The number of nitrogens with zero attached hydrogens (tertiary/aromatic N) is 2. The number of nitrogens with two attached hydrogens (primary N) is 2. The highest BCUT2D eigenvalue weighted by molar-refractivity contribution is 7.09.